The number of carbonyl (C=O) groups is 3. The van der Waals surface area contributed by atoms with Crippen molar-refractivity contribution in [1.82, 2.24) is 15.1 Å². The number of fused-ring (bicyclic) bond motifs is 2. The number of hydrogen-bond donors (Lipinski definition) is 1. The van der Waals surface area contributed by atoms with Crippen LogP contribution in [-0.2, 0) is 28.1 Å². The Bertz CT molecular complexity index is 1100. The number of amides is 4. The van der Waals surface area contributed by atoms with Crippen LogP contribution in [0.25, 0.3) is 0 Å². The molecule has 1 N–H and O–H groups in total. The first kappa shape index (κ1) is 20.7. The van der Waals surface area contributed by atoms with E-state index in [1.807, 2.05) is 31.2 Å². The summed E-state index contributed by atoms with van der Waals surface area (Å²) in [5.74, 6) is -0.639. The fourth-order valence-corrected chi connectivity index (χ4v) is 5.08. The molecule has 1 aliphatic heterocycles. The van der Waals surface area contributed by atoms with Crippen LogP contribution in [0.5, 0.6) is 0 Å². The van der Waals surface area contributed by atoms with E-state index in [4.69, 9.17) is 0 Å². The molecule has 2 aromatic rings. The molecule has 1 spiro atoms. The van der Waals surface area contributed by atoms with Gasteiger partial charge in [0.2, 0.25) is 5.91 Å². The summed E-state index contributed by atoms with van der Waals surface area (Å²) in [5, 5.41) is 2.87. The van der Waals surface area contributed by atoms with Gasteiger partial charge >= 0.3 is 6.03 Å². The summed E-state index contributed by atoms with van der Waals surface area (Å²) in [6.07, 6.45) is 3.27. The first-order valence-electron chi connectivity index (χ1n) is 11.2. The summed E-state index contributed by atoms with van der Waals surface area (Å²) in [7, 11) is 0. The molecule has 2 aliphatic carbocycles. The number of nitrogens with zero attached hydrogens (tertiary/aromatic N) is 2. The summed E-state index contributed by atoms with van der Waals surface area (Å²) in [6, 6.07) is 13.2. The lowest BCUT2D eigenvalue weighted by atomic mass is 9.92. The molecule has 5 rings (SSSR count). The highest BCUT2D eigenvalue weighted by molar-refractivity contribution is 6.09. The number of hydrogen-bond acceptors (Lipinski definition) is 3. The van der Waals surface area contributed by atoms with E-state index in [2.05, 4.69) is 5.32 Å². The van der Waals surface area contributed by atoms with Crippen molar-refractivity contribution in [2.45, 2.75) is 50.7 Å². The Morgan fingerprint density at radius 3 is 2.75 bits per heavy atom. The van der Waals surface area contributed by atoms with Gasteiger partial charge in [0.05, 0.1) is 0 Å². The molecule has 1 saturated carbocycles. The minimum Gasteiger partial charge on any atom is -0.334 e. The average Bonchev–Trinajstić information content (AvgIpc) is 3.53. The lowest BCUT2D eigenvalue weighted by Crippen LogP contribution is -2.47. The smallest absolute Gasteiger partial charge is 0.325 e. The van der Waals surface area contributed by atoms with Gasteiger partial charge in [0, 0.05) is 12.6 Å². The van der Waals surface area contributed by atoms with Gasteiger partial charge in [-0.1, -0.05) is 36.4 Å². The van der Waals surface area contributed by atoms with Crippen LogP contribution in [0.1, 0.15) is 42.9 Å². The highest BCUT2D eigenvalue weighted by atomic mass is 19.1. The molecule has 1 saturated heterocycles. The maximum absolute atomic E-state index is 13.7. The molecule has 2 fully saturated rings. The van der Waals surface area contributed by atoms with E-state index < -0.39 is 11.6 Å². The first-order valence-corrected chi connectivity index (χ1v) is 11.2. The molecule has 1 heterocycles. The molecule has 2 aromatic carbocycles. The predicted octanol–water partition coefficient (Wildman–Crippen LogP) is 3.35. The largest absolute Gasteiger partial charge is 0.334 e. The maximum atomic E-state index is 13.7. The van der Waals surface area contributed by atoms with Crippen LogP contribution in [0.3, 0.4) is 0 Å². The van der Waals surface area contributed by atoms with Crippen LogP contribution in [0, 0.1) is 11.7 Å². The molecule has 32 heavy (non-hydrogen) atoms. The molecular formula is C25H26FN3O3. The Hall–Kier alpha value is -3.22. The van der Waals surface area contributed by atoms with E-state index in [0.29, 0.717) is 24.3 Å². The van der Waals surface area contributed by atoms with Crippen molar-refractivity contribution in [3.63, 3.8) is 0 Å². The first-order chi connectivity index (χ1) is 15.4. The van der Waals surface area contributed by atoms with Crippen LogP contribution in [-0.4, -0.2) is 40.2 Å². The standard InChI is InChI=1S/C25H26FN3O3/c1-16(18-9-10-18)28(14-17-5-4-7-20(26)13-17)22(30)15-29-23(31)25(27-24(29)32)12-11-19-6-2-3-8-21(19)25/h2-8,13,16,18H,9-12,14-15H2,1H3,(H,27,32). The van der Waals surface area contributed by atoms with Gasteiger partial charge in [-0.2, -0.15) is 0 Å². The van der Waals surface area contributed by atoms with Gasteiger partial charge in [-0.05, 0) is 67.3 Å². The molecule has 0 aromatic heterocycles. The van der Waals surface area contributed by atoms with E-state index in [1.54, 1.807) is 17.0 Å². The second kappa shape index (κ2) is 7.73. The van der Waals surface area contributed by atoms with E-state index in [0.717, 1.165) is 28.9 Å². The average molecular weight is 435 g/mol. The van der Waals surface area contributed by atoms with Crippen molar-refractivity contribution in [3.05, 3.63) is 71.0 Å². The Morgan fingerprint density at radius 1 is 1.22 bits per heavy atom. The van der Waals surface area contributed by atoms with Crippen LogP contribution in [0.4, 0.5) is 9.18 Å². The zero-order valence-electron chi connectivity index (χ0n) is 18.0. The molecule has 2 atom stereocenters. The molecule has 3 aliphatic rings. The lowest BCUT2D eigenvalue weighted by molar-refractivity contribution is -0.141. The number of aryl methyl sites for hydroxylation is 1. The molecule has 2 unspecified atom stereocenters. The number of benzene rings is 2. The molecule has 0 bridgehead atoms. The van der Waals surface area contributed by atoms with Crippen molar-refractivity contribution in [2.75, 3.05) is 6.54 Å². The van der Waals surface area contributed by atoms with Crippen LogP contribution >= 0.6 is 0 Å². The number of halogens is 1. The molecular weight excluding hydrogens is 409 g/mol. The minimum absolute atomic E-state index is 0.0484. The van der Waals surface area contributed by atoms with Gasteiger partial charge in [-0.25, -0.2) is 9.18 Å². The number of urea groups is 1. The van der Waals surface area contributed by atoms with E-state index in [1.165, 1.54) is 12.1 Å². The minimum atomic E-state index is -1.08. The van der Waals surface area contributed by atoms with Gasteiger partial charge in [-0.3, -0.25) is 14.5 Å². The number of nitrogens with one attached hydrogen (secondary N) is 1. The van der Waals surface area contributed by atoms with Crippen molar-refractivity contribution in [1.29, 1.82) is 0 Å². The Morgan fingerprint density at radius 2 is 2.00 bits per heavy atom. The van der Waals surface area contributed by atoms with Crippen LogP contribution < -0.4 is 5.32 Å². The zero-order valence-corrected chi connectivity index (χ0v) is 18.0. The number of rotatable bonds is 6. The number of imide groups is 1. The van der Waals surface area contributed by atoms with Crippen molar-refractivity contribution >= 4 is 17.8 Å². The highest BCUT2D eigenvalue weighted by Gasteiger charge is 2.55. The van der Waals surface area contributed by atoms with Gasteiger partial charge in [0.15, 0.2) is 0 Å². The summed E-state index contributed by atoms with van der Waals surface area (Å²) in [6.45, 7) is 1.91. The van der Waals surface area contributed by atoms with Crippen molar-refractivity contribution in [2.24, 2.45) is 5.92 Å². The third kappa shape index (κ3) is 3.45. The topological polar surface area (TPSA) is 69.7 Å². The number of carbonyl (C=O) groups excluding carboxylic acids is 3. The summed E-state index contributed by atoms with van der Waals surface area (Å²) in [4.78, 5) is 42.3. The Labute approximate surface area is 186 Å². The van der Waals surface area contributed by atoms with Gasteiger partial charge in [0.1, 0.15) is 17.9 Å². The quantitative estimate of drug-likeness (QED) is 0.708. The van der Waals surface area contributed by atoms with Gasteiger partial charge < -0.3 is 10.2 Å². The van der Waals surface area contributed by atoms with Gasteiger partial charge in [-0.15, -0.1) is 0 Å². The van der Waals surface area contributed by atoms with Crippen LogP contribution in [0.15, 0.2) is 48.5 Å². The Kier molecular flexibility index (Phi) is 4.99. The Balaban J connectivity index is 1.37. The SMILES string of the molecule is CC(C1CC1)N(Cc1cccc(F)c1)C(=O)CN1C(=O)NC2(CCc3ccccc32)C1=O. The third-order valence-corrected chi connectivity index (χ3v) is 7.07. The third-order valence-electron chi connectivity index (χ3n) is 7.07. The van der Waals surface area contributed by atoms with Crippen LogP contribution in [0.2, 0.25) is 0 Å². The van der Waals surface area contributed by atoms with Crippen molar-refractivity contribution < 1.29 is 18.8 Å². The summed E-state index contributed by atoms with van der Waals surface area (Å²) >= 11 is 0. The van der Waals surface area contributed by atoms with E-state index >= 15 is 0 Å². The fourth-order valence-electron chi connectivity index (χ4n) is 5.08. The molecule has 6 nitrogen and oxygen atoms in total. The summed E-state index contributed by atoms with van der Waals surface area (Å²) < 4.78 is 13.7. The highest BCUT2D eigenvalue weighted by Crippen LogP contribution is 2.41. The van der Waals surface area contributed by atoms with E-state index in [9.17, 15) is 18.8 Å². The zero-order chi connectivity index (χ0) is 22.5. The normalized spacial score (nSPS) is 22.8. The molecule has 7 heteroatoms. The molecule has 166 valence electrons. The van der Waals surface area contributed by atoms with Crippen molar-refractivity contribution in [3.8, 4) is 0 Å². The van der Waals surface area contributed by atoms with Gasteiger partial charge in [0.25, 0.3) is 5.91 Å². The second-order valence-corrected chi connectivity index (χ2v) is 9.11. The monoisotopic (exact) mass is 435 g/mol. The lowest BCUT2D eigenvalue weighted by Gasteiger charge is -2.31. The molecule has 4 amide bonds. The second-order valence-electron chi connectivity index (χ2n) is 9.11. The maximum Gasteiger partial charge on any atom is 0.325 e. The fraction of sp³-hybridized carbons (Fsp3) is 0.400. The predicted molar refractivity (Wildman–Crippen MR) is 116 cm³/mol. The summed E-state index contributed by atoms with van der Waals surface area (Å²) in [5.41, 5.74) is 1.47. The van der Waals surface area contributed by atoms with E-state index in [-0.39, 0.29) is 36.8 Å². The molecule has 0 radical (unpaired) electrons.